The zero-order valence-electron chi connectivity index (χ0n) is 24.9. The third-order valence-corrected chi connectivity index (χ3v) is 8.30. The normalized spacial score (nSPS) is 16.8. The Kier molecular flexibility index (Phi) is 6.31. The van der Waals surface area contributed by atoms with Gasteiger partial charge in [0.1, 0.15) is 28.8 Å². The first-order valence-electron chi connectivity index (χ1n) is 14.3. The Morgan fingerprint density at radius 2 is 1.88 bits per heavy atom. The van der Waals surface area contributed by atoms with E-state index in [2.05, 4.69) is 28.6 Å². The average Bonchev–Trinajstić information content (AvgIpc) is 3.25. The summed E-state index contributed by atoms with van der Waals surface area (Å²) >= 11 is 0. The van der Waals surface area contributed by atoms with Crippen LogP contribution in [-0.4, -0.2) is 67.4 Å². The lowest BCUT2D eigenvalue weighted by Gasteiger charge is -2.26. The molecule has 2 aliphatic heterocycles. The fraction of sp³-hybridized carbons (Fsp3) is 0.533. The van der Waals surface area contributed by atoms with E-state index in [0.717, 1.165) is 42.9 Å². The molecular weight excluding hydrogens is 520 g/mol. The Hall–Kier alpha value is -4.02. The molecule has 11 nitrogen and oxygen atoms in total. The number of hydrogen-bond acceptors (Lipinski definition) is 8. The summed E-state index contributed by atoms with van der Waals surface area (Å²) in [5, 5.41) is 8.92. The van der Waals surface area contributed by atoms with E-state index in [1.54, 1.807) is 11.9 Å². The first-order chi connectivity index (χ1) is 19.4. The maximum atomic E-state index is 13.9. The lowest BCUT2D eigenvalue weighted by Crippen LogP contribution is -2.34. The van der Waals surface area contributed by atoms with Crippen molar-refractivity contribution in [2.45, 2.75) is 90.6 Å². The molecule has 216 valence electrons. The number of carbonyl (C=O) groups is 2. The highest BCUT2D eigenvalue weighted by molar-refractivity contribution is 6.10. The quantitative estimate of drug-likeness (QED) is 0.434. The van der Waals surface area contributed by atoms with E-state index in [4.69, 9.17) is 14.7 Å². The lowest BCUT2D eigenvalue weighted by molar-refractivity contribution is 0.0282. The summed E-state index contributed by atoms with van der Waals surface area (Å²) in [6.07, 6.45) is 3.88. The number of anilines is 2. The maximum Gasteiger partial charge on any atom is 0.410 e. The Morgan fingerprint density at radius 3 is 2.56 bits per heavy atom. The Bertz CT molecular complexity index is 1530. The molecule has 0 aromatic carbocycles. The van der Waals surface area contributed by atoms with Gasteiger partial charge in [-0.1, -0.05) is 6.07 Å². The first-order valence-corrected chi connectivity index (χ1v) is 14.3. The number of hydrogen-bond donors (Lipinski definition) is 0. The molecule has 6 rings (SSSR count). The Labute approximate surface area is 240 Å². The Morgan fingerprint density at radius 1 is 1.12 bits per heavy atom. The summed E-state index contributed by atoms with van der Waals surface area (Å²) in [7, 11) is 3.64. The SMILES string of the molecule is CC(C)N(C)c1cc2c(c(CN(C)C(=O)OC(C)(C)C)n1)CN(c1cccc(-c3nnc4n3C3(CC4)CC3)n1)C2=O. The molecular formula is C30H38N8O3. The summed E-state index contributed by atoms with van der Waals surface area (Å²) in [6.45, 7) is 10.2. The fourth-order valence-electron chi connectivity index (χ4n) is 5.66. The summed E-state index contributed by atoms with van der Waals surface area (Å²) in [4.78, 5) is 41.7. The molecule has 0 N–H and O–H groups in total. The minimum Gasteiger partial charge on any atom is -0.444 e. The largest absolute Gasteiger partial charge is 0.444 e. The number of carbonyl (C=O) groups excluding carboxylic acids is 2. The van der Waals surface area contributed by atoms with Gasteiger partial charge in [0.2, 0.25) is 0 Å². The van der Waals surface area contributed by atoms with Crippen LogP contribution in [0.25, 0.3) is 11.5 Å². The van der Waals surface area contributed by atoms with E-state index in [1.807, 2.05) is 57.0 Å². The molecule has 2 amide bonds. The molecule has 3 aromatic heterocycles. The van der Waals surface area contributed by atoms with Gasteiger partial charge in [-0.2, -0.15) is 0 Å². The van der Waals surface area contributed by atoms with Crippen LogP contribution >= 0.6 is 0 Å². The van der Waals surface area contributed by atoms with Crippen LogP contribution < -0.4 is 9.80 Å². The smallest absolute Gasteiger partial charge is 0.410 e. The van der Waals surface area contributed by atoms with Gasteiger partial charge in [0.25, 0.3) is 5.91 Å². The van der Waals surface area contributed by atoms with Gasteiger partial charge in [0.15, 0.2) is 5.82 Å². The van der Waals surface area contributed by atoms with Crippen LogP contribution in [0.15, 0.2) is 24.3 Å². The average molecular weight is 559 g/mol. The molecule has 1 saturated carbocycles. The highest BCUT2D eigenvalue weighted by atomic mass is 16.6. The molecule has 0 radical (unpaired) electrons. The fourth-order valence-corrected chi connectivity index (χ4v) is 5.66. The van der Waals surface area contributed by atoms with Gasteiger partial charge in [-0.3, -0.25) is 9.69 Å². The third-order valence-electron chi connectivity index (χ3n) is 8.30. The lowest BCUT2D eigenvalue weighted by atomic mass is 10.1. The van der Waals surface area contributed by atoms with Crippen LogP contribution in [0.3, 0.4) is 0 Å². The van der Waals surface area contributed by atoms with Gasteiger partial charge in [0.05, 0.1) is 24.3 Å². The van der Waals surface area contributed by atoms with Crippen molar-refractivity contribution >= 4 is 23.6 Å². The summed E-state index contributed by atoms with van der Waals surface area (Å²) in [5.74, 6) is 2.87. The van der Waals surface area contributed by atoms with Crippen LogP contribution in [0.5, 0.6) is 0 Å². The van der Waals surface area contributed by atoms with E-state index in [-0.39, 0.29) is 24.0 Å². The number of amides is 2. The molecule has 0 bridgehead atoms. The van der Waals surface area contributed by atoms with Crippen molar-refractivity contribution in [3.8, 4) is 11.5 Å². The molecule has 0 saturated heterocycles. The van der Waals surface area contributed by atoms with Gasteiger partial charge in [-0.15, -0.1) is 10.2 Å². The summed E-state index contributed by atoms with van der Waals surface area (Å²) < 4.78 is 7.83. The third kappa shape index (κ3) is 4.81. The molecule has 0 atom stereocenters. The number of aromatic nitrogens is 5. The molecule has 3 aromatic rings. The molecule has 5 heterocycles. The Balaban J connectivity index is 1.34. The minimum atomic E-state index is -0.618. The molecule has 0 unspecified atom stereocenters. The second-order valence-electron chi connectivity index (χ2n) is 12.8. The predicted molar refractivity (Wildman–Crippen MR) is 155 cm³/mol. The predicted octanol–water partition coefficient (Wildman–Crippen LogP) is 4.54. The molecule has 1 fully saturated rings. The van der Waals surface area contributed by atoms with Crippen molar-refractivity contribution in [1.29, 1.82) is 0 Å². The second kappa shape index (κ2) is 9.53. The summed E-state index contributed by atoms with van der Waals surface area (Å²) in [6, 6.07) is 7.71. The highest BCUT2D eigenvalue weighted by Crippen LogP contribution is 2.53. The topological polar surface area (TPSA) is 110 Å². The summed E-state index contributed by atoms with van der Waals surface area (Å²) in [5.41, 5.74) is 2.26. The highest BCUT2D eigenvalue weighted by Gasteiger charge is 2.51. The standard InChI is InChI=1S/C30H38N8O3/c1-18(2)36(7)25-15-19-20(22(32-25)17-35(6)28(40)41-29(3,4)5)16-37(27(19)39)23-10-8-9-21(31-23)26-34-33-24-11-12-30(13-14-30)38(24)26/h8-10,15,18H,11-14,16-17H2,1-7H3. The molecule has 3 aliphatic rings. The number of rotatable bonds is 6. The number of nitrogens with zero attached hydrogens (tertiary/aromatic N) is 8. The van der Waals surface area contributed by atoms with Crippen molar-refractivity contribution in [3.05, 3.63) is 46.9 Å². The van der Waals surface area contributed by atoms with E-state index in [9.17, 15) is 9.59 Å². The monoisotopic (exact) mass is 558 g/mol. The van der Waals surface area contributed by atoms with Crippen molar-refractivity contribution in [2.24, 2.45) is 0 Å². The van der Waals surface area contributed by atoms with Gasteiger partial charge < -0.3 is 19.1 Å². The molecule has 1 aliphatic carbocycles. The molecule has 11 heteroatoms. The van der Waals surface area contributed by atoms with Crippen LogP contribution in [0.1, 0.15) is 81.3 Å². The van der Waals surface area contributed by atoms with Crippen LogP contribution in [0.2, 0.25) is 0 Å². The van der Waals surface area contributed by atoms with Gasteiger partial charge >= 0.3 is 6.09 Å². The van der Waals surface area contributed by atoms with Crippen LogP contribution in [0, 0.1) is 0 Å². The number of pyridine rings is 2. The van der Waals surface area contributed by atoms with E-state index in [1.165, 1.54) is 4.90 Å². The van der Waals surface area contributed by atoms with Gasteiger partial charge in [-0.05, 0) is 72.1 Å². The van der Waals surface area contributed by atoms with Crippen molar-refractivity contribution in [3.63, 3.8) is 0 Å². The first kappa shape index (κ1) is 27.2. The van der Waals surface area contributed by atoms with Crippen LogP contribution in [0.4, 0.5) is 16.4 Å². The maximum absolute atomic E-state index is 13.9. The minimum absolute atomic E-state index is 0.142. The van der Waals surface area contributed by atoms with Crippen molar-refractivity contribution in [2.75, 3.05) is 23.9 Å². The van der Waals surface area contributed by atoms with Crippen molar-refractivity contribution in [1.82, 2.24) is 29.6 Å². The van der Waals surface area contributed by atoms with Crippen LogP contribution in [-0.2, 0) is 29.8 Å². The molecule has 1 spiro atoms. The van der Waals surface area contributed by atoms with Gasteiger partial charge in [-0.25, -0.2) is 14.8 Å². The van der Waals surface area contributed by atoms with E-state index < -0.39 is 11.7 Å². The number of fused-ring (bicyclic) bond motifs is 3. The molecule has 41 heavy (non-hydrogen) atoms. The zero-order chi connectivity index (χ0) is 29.3. The van der Waals surface area contributed by atoms with E-state index >= 15 is 0 Å². The number of aryl methyl sites for hydroxylation is 1. The van der Waals surface area contributed by atoms with Crippen molar-refractivity contribution < 1.29 is 14.3 Å². The second-order valence-corrected chi connectivity index (χ2v) is 12.8. The zero-order valence-corrected chi connectivity index (χ0v) is 24.9. The number of ether oxygens (including phenoxy) is 1. The van der Waals surface area contributed by atoms with Gasteiger partial charge in [0, 0.05) is 37.7 Å². The van der Waals surface area contributed by atoms with E-state index in [0.29, 0.717) is 35.1 Å².